The number of piperidine rings is 1. The first-order valence-electron chi connectivity index (χ1n) is 7.70. The third-order valence-corrected chi connectivity index (χ3v) is 4.27. The molecule has 2 aromatic heterocycles. The molecule has 118 valence electrons. The van der Waals surface area contributed by atoms with Crippen LogP contribution < -0.4 is 0 Å². The number of tetrazole rings is 1. The van der Waals surface area contributed by atoms with Crippen LogP contribution in [0.1, 0.15) is 54.5 Å². The molecule has 2 aromatic rings. The zero-order valence-corrected chi connectivity index (χ0v) is 12.9. The molecule has 1 saturated heterocycles. The van der Waals surface area contributed by atoms with Gasteiger partial charge in [0.15, 0.2) is 5.82 Å². The Kier molecular flexibility index (Phi) is 4.17. The number of hydrogen-bond donors (Lipinski definition) is 2. The van der Waals surface area contributed by atoms with E-state index in [0.717, 1.165) is 43.7 Å². The molecule has 0 unspecified atom stereocenters. The van der Waals surface area contributed by atoms with Gasteiger partial charge in [-0.15, -0.1) is 10.2 Å². The van der Waals surface area contributed by atoms with Gasteiger partial charge in [0.05, 0.1) is 6.20 Å². The molecular formula is C14H21N7O. The highest BCUT2D eigenvalue weighted by molar-refractivity contribution is 5.93. The SMILES string of the molecule is CC(C)c1cn[nH]c1C(=O)N1CCC(Cc2nn[nH]n2)CC1. The molecule has 3 rings (SSSR count). The van der Waals surface area contributed by atoms with E-state index >= 15 is 0 Å². The molecule has 0 aromatic carbocycles. The predicted molar refractivity (Wildman–Crippen MR) is 79.2 cm³/mol. The van der Waals surface area contributed by atoms with E-state index in [4.69, 9.17) is 0 Å². The summed E-state index contributed by atoms with van der Waals surface area (Å²) in [6.45, 7) is 5.66. The minimum absolute atomic E-state index is 0.0548. The number of carbonyl (C=O) groups is 1. The maximum absolute atomic E-state index is 12.6. The van der Waals surface area contributed by atoms with Crippen LogP contribution >= 0.6 is 0 Å². The Morgan fingerprint density at radius 3 is 2.82 bits per heavy atom. The summed E-state index contributed by atoms with van der Waals surface area (Å²) in [5.41, 5.74) is 1.62. The first kappa shape index (κ1) is 14.7. The molecule has 1 fully saturated rings. The van der Waals surface area contributed by atoms with Crippen LogP contribution in [0.25, 0.3) is 0 Å². The van der Waals surface area contributed by atoms with Crippen LogP contribution in [-0.2, 0) is 6.42 Å². The number of nitrogens with zero attached hydrogens (tertiary/aromatic N) is 5. The van der Waals surface area contributed by atoms with Gasteiger partial charge in [0, 0.05) is 25.1 Å². The quantitative estimate of drug-likeness (QED) is 0.881. The maximum atomic E-state index is 12.6. The molecule has 1 aliphatic heterocycles. The summed E-state index contributed by atoms with van der Waals surface area (Å²) in [6.07, 6.45) is 4.50. The van der Waals surface area contributed by atoms with Gasteiger partial charge in [-0.2, -0.15) is 10.3 Å². The Bertz CT molecular complexity index is 611. The van der Waals surface area contributed by atoms with Crippen molar-refractivity contribution in [2.24, 2.45) is 5.92 Å². The van der Waals surface area contributed by atoms with E-state index in [1.165, 1.54) is 0 Å². The van der Waals surface area contributed by atoms with E-state index in [-0.39, 0.29) is 11.8 Å². The van der Waals surface area contributed by atoms with E-state index in [2.05, 4.69) is 44.7 Å². The summed E-state index contributed by atoms with van der Waals surface area (Å²) in [4.78, 5) is 14.5. The van der Waals surface area contributed by atoms with Gasteiger partial charge in [0.25, 0.3) is 5.91 Å². The Morgan fingerprint density at radius 2 is 2.18 bits per heavy atom. The van der Waals surface area contributed by atoms with Gasteiger partial charge in [-0.3, -0.25) is 9.89 Å². The fourth-order valence-corrected chi connectivity index (χ4v) is 2.93. The number of likely N-dealkylation sites (tertiary alicyclic amines) is 1. The van der Waals surface area contributed by atoms with E-state index in [9.17, 15) is 4.79 Å². The third-order valence-electron chi connectivity index (χ3n) is 4.27. The lowest BCUT2D eigenvalue weighted by molar-refractivity contribution is 0.0682. The fourth-order valence-electron chi connectivity index (χ4n) is 2.93. The van der Waals surface area contributed by atoms with Crippen LogP contribution in [0, 0.1) is 5.92 Å². The van der Waals surface area contributed by atoms with E-state index in [1.54, 1.807) is 6.20 Å². The minimum atomic E-state index is 0.0548. The van der Waals surface area contributed by atoms with Crippen LogP contribution in [-0.4, -0.2) is 54.7 Å². The van der Waals surface area contributed by atoms with E-state index < -0.39 is 0 Å². The highest BCUT2D eigenvalue weighted by Crippen LogP contribution is 2.23. The van der Waals surface area contributed by atoms with Gasteiger partial charge >= 0.3 is 0 Å². The number of nitrogens with one attached hydrogen (secondary N) is 2. The lowest BCUT2D eigenvalue weighted by atomic mass is 9.93. The van der Waals surface area contributed by atoms with Crippen LogP contribution in [0.2, 0.25) is 0 Å². The molecule has 8 nitrogen and oxygen atoms in total. The molecular weight excluding hydrogens is 282 g/mol. The van der Waals surface area contributed by atoms with E-state index in [0.29, 0.717) is 11.6 Å². The number of hydrogen-bond acceptors (Lipinski definition) is 5. The van der Waals surface area contributed by atoms with Gasteiger partial charge in [0.2, 0.25) is 0 Å². The Hall–Kier alpha value is -2.25. The fraction of sp³-hybridized carbons (Fsp3) is 0.643. The first-order chi connectivity index (χ1) is 10.6. The average molecular weight is 303 g/mol. The third kappa shape index (κ3) is 3.00. The van der Waals surface area contributed by atoms with Crippen LogP contribution in [0.4, 0.5) is 0 Å². The Labute approximate surface area is 128 Å². The second-order valence-corrected chi connectivity index (χ2v) is 6.12. The molecule has 1 aliphatic rings. The molecule has 22 heavy (non-hydrogen) atoms. The molecule has 0 saturated carbocycles. The smallest absolute Gasteiger partial charge is 0.272 e. The second-order valence-electron chi connectivity index (χ2n) is 6.12. The van der Waals surface area contributed by atoms with Crippen LogP contribution in [0.15, 0.2) is 6.20 Å². The number of rotatable bonds is 4. The highest BCUT2D eigenvalue weighted by atomic mass is 16.2. The minimum Gasteiger partial charge on any atom is -0.337 e. The van der Waals surface area contributed by atoms with Crippen molar-refractivity contribution in [1.82, 2.24) is 35.7 Å². The molecule has 8 heteroatoms. The van der Waals surface area contributed by atoms with Gasteiger partial charge in [0.1, 0.15) is 5.69 Å². The normalized spacial score (nSPS) is 16.4. The molecule has 2 N–H and O–H groups in total. The molecule has 0 spiro atoms. The highest BCUT2D eigenvalue weighted by Gasteiger charge is 2.27. The summed E-state index contributed by atoms with van der Waals surface area (Å²) in [7, 11) is 0. The lowest BCUT2D eigenvalue weighted by Gasteiger charge is -2.31. The van der Waals surface area contributed by atoms with Crippen molar-refractivity contribution in [3.63, 3.8) is 0 Å². The van der Waals surface area contributed by atoms with Gasteiger partial charge in [-0.05, 0) is 24.7 Å². The zero-order chi connectivity index (χ0) is 15.5. The largest absolute Gasteiger partial charge is 0.337 e. The summed E-state index contributed by atoms with van der Waals surface area (Å²) < 4.78 is 0. The van der Waals surface area contributed by atoms with Crippen molar-refractivity contribution in [3.8, 4) is 0 Å². The molecule has 0 atom stereocenters. The maximum Gasteiger partial charge on any atom is 0.272 e. The summed E-state index contributed by atoms with van der Waals surface area (Å²) in [5, 5.41) is 20.9. The molecule has 0 radical (unpaired) electrons. The number of carbonyl (C=O) groups excluding carboxylic acids is 1. The Balaban J connectivity index is 1.59. The summed E-state index contributed by atoms with van der Waals surface area (Å²) >= 11 is 0. The number of aromatic amines is 2. The molecule has 0 aliphatic carbocycles. The Morgan fingerprint density at radius 1 is 1.41 bits per heavy atom. The number of aromatic nitrogens is 6. The van der Waals surface area contributed by atoms with Crippen molar-refractivity contribution in [2.45, 2.75) is 39.0 Å². The van der Waals surface area contributed by atoms with E-state index in [1.807, 2.05) is 4.90 Å². The topological polar surface area (TPSA) is 103 Å². The monoisotopic (exact) mass is 303 g/mol. The molecule has 0 bridgehead atoms. The van der Waals surface area contributed by atoms with Crippen molar-refractivity contribution in [2.75, 3.05) is 13.1 Å². The summed E-state index contributed by atoms with van der Waals surface area (Å²) in [5.74, 6) is 1.60. The van der Waals surface area contributed by atoms with Crippen LogP contribution in [0.5, 0.6) is 0 Å². The van der Waals surface area contributed by atoms with Crippen molar-refractivity contribution >= 4 is 5.91 Å². The number of amides is 1. The number of H-pyrrole nitrogens is 2. The second kappa shape index (κ2) is 6.25. The average Bonchev–Trinajstić information content (AvgIpc) is 3.18. The first-order valence-corrected chi connectivity index (χ1v) is 7.70. The summed E-state index contributed by atoms with van der Waals surface area (Å²) in [6, 6.07) is 0. The standard InChI is InChI=1S/C14H21N7O/c1-9(2)11-8-15-18-13(11)14(22)21-5-3-10(4-6-21)7-12-16-19-20-17-12/h8-10H,3-7H2,1-2H3,(H,15,18)(H,16,17,19,20). The van der Waals surface area contributed by atoms with Gasteiger partial charge in [-0.25, -0.2) is 0 Å². The lowest BCUT2D eigenvalue weighted by Crippen LogP contribution is -2.39. The molecule has 3 heterocycles. The van der Waals surface area contributed by atoms with Crippen LogP contribution in [0.3, 0.4) is 0 Å². The van der Waals surface area contributed by atoms with Gasteiger partial charge < -0.3 is 4.90 Å². The van der Waals surface area contributed by atoms with Gasteiger partial charge in [-0.1, -0.05) is 19.1 Å². The zero-order valence-electron chi connectivity index (χ0n) is 12.9. The molecule has 1 amide bonds. The predicted octanol–water partition coefficient (Wildman–Crippen LogP) is 1.14. The van der Waals surface area contributed by atoms with Crippen molar-refractivity contribution in [3.05, 3.63) is 23.3 Å². The van der Waals surface area contributed by atoms with Crippen molar-refractivity contribution in [1.29, 1.82) is 0 Å². The van der Waals surface area contributed by atoms with Crippen molar-refractivity contribution < 1.29 is 4.79 Å².